The van der Waals surface area contributed by atoms with Gasteiger partial charge in [-0.2, -0.15) is 0 Å². The lowest BCUT2D eigenvalue weighted by atomic mass is 9.78. The van der Waals surface area contributed by atoms with Crippen molar-refractivity contribution in [2.75, 3.05) is 0 Å². The molecule has 0 heterocycles. The van der Waals surface area contributed by atoms with E-state index in [2.05, 4.69) is 5.32 Å². The molecular formula is C13H17NO4. The average Bonchev–Trinajstić information content (AvgIpc) is 2.77. The Morgan fingerprint density at radius 3 is 2.39 bits per heavy atom. The highest BCUT2D eigenvalue weighted by molar-refractivity contribution is 5.91. The van der Waals surface area contributed by atoms with Crippen molar-refractivity contribution in [2.24, 2.45) is 29.1 Å². The van der Waals surface area contributed by atoms with Gasteiger partial charge >= 0.3 is 12.1 Å². The maximum Gasteiger partial charge on any atom is 0.408 e. The number of hydrogen-bond donors (Lipinski definition) is 2. The fraction of sp³-hybridized carbons (Fsp3) is 0.846. The first-order valence-electron chi connectivity index (χ1n) is 6.51. The zero-order valence-corrected chi connectivity index (χ0v) is 10.7. The lowest BCUT2D eigenvalue weighted by Gasteiger charge is -2.34. The largest absolute Gasteiger partial charge is 0.481 e. The smallest absolute Gasteiger partial charge is 0.408 e. The highest BCUT2D eigenvalue weighted by atomic mass is 16.6. The third-order valence-electron chi connectivity index (χ3n) is 5.51. The van der Waals surface area contributed by atoms with Crippen LogP contribution in [0.5, 0.6) is 0 Å². The van der Waals surface area contributed by atoms with Crippen LogP contribution in [0, 0.1) is 29.1 Å². The highest BCUT2D eigenvalue weighted by Crippen LogP contribution is 3.00. The van der Waals surface area contributed by atoms with Gasteiger partial charge in [0.25, 0.3) is 0 Å². The number of rotatable bonds is 2. The van der Waals surface area contributed by atoms with E-state index in [1.54, 1.807) is 0 Å². The monoisotopic (exact) mass is 251 g/mol. The molecule has 5 heteroatoms. The molecule has 0 aromatic carbocycles. The molecule has 5 saturated carbocycles. The Kier molecular flexibility index (Phi) is 1.42. The van der Waals surface area contributed by atoms with Gasteiger partial charge in [-0.25, -0.2) is 4.79 Å². The van der Waals surface area contributed by atoms with Gasteiger partial charge in [0.1, 0.15) is 5.60 Å². The maximum absolute atomic E-state index is 11.9. The third-order valence-corrected chi connectivity index (χ3v) is 5.51. The van der Waals surface area contributed by atoms with E-state index in [4.69, 9.17) is 4.74 Å². The summed E-state index contributed by atoms with van der Waals surface area (Å²) in [5.41, 5.74) is -1.65. The average molecular weight is 251 g/mol. The van der Waals surface area contributed by atoms with Crippen molar-refractivity contribution in [1.29, 1.82) is 0 Å². The van der Waals surface area contributed by atoms with Crippen molar-refractivity contribution in [1.82, 2.24) is 5.32 Å². The molecule has 0 aromatic rings. The first kappa shape index (κ1) is 10.6. The van der Waals surface area contributed by atoms with E-state index in [1.165, 1.54) is 0 Å². The number of carbonyl (C=O) groups excluding carboxylic acids is 1. The molecule has 5 aliphatic carbocycles. The summed E-state index contributed by atoms with van der Waals surface area (Å²) in [4.78, 5) is 23.4. The molecule has 0 aromatic heterocycles. The van der Waals surface area contributed by atoms with Crippen LogP contribution in [-0.2, 0) is 9.53 Å². The summed E-state index contributed by atoms with van der Waals surface area (Å²) in [5.74, 6) is 0.696. The fourth-order valence-electron chi connectivity index (χ4n) is 5.28. The molecule has 2 bridgehead atoms. The molecule has 5 rings (SSSR count). The van der Waals surface area contributed by atoms with Gasteiger partial charge in [0.15, 0.2) is 0 Å². The van der Waals surface area contributed by atoms with Gasteiger partial charge < -0.3 is 15.2 Å². The van der Waals surface area contributed by atoms with Crippen LogP contribution in [-0.4, -0.2) is 28.3 Å². The number of carboxylic acids is 1. The molecule has 0 saturated heterocycles. The Bertz CT molecular complexity index is 484. The number of amides is 1. The van der Waals surface area contributed by atoms with Gasteiger partial charge in [-0.15, -0.1) is 0 Å². The molecule has 5 aliphatic rings. The first-order chi connectivity index (χ1) is 8.27. The Hall–Kier alpha value is -1.26. The second kappa shape index (κ2) is 2.40. The van der Waals surface area contributed by atoms with Crippen molar-refractivity contribution in [2.45, 2.75) is 38.3 Å². The van der Waals surface area contributed by atoms with E-state index in [9.17, 15) is 14.7 Å². The molecule has 5 fully saturated rings. The minimum absolute atomic E-state index is 0.305. The maximum atomic E-state index is 11.9. The lowest BCUT2D eigenvalue weighted by molar-refractivity contribution is -0.148. The number of hydrogen-bond acceptors (Lipinski definition) is 3. The fourth-order valence-corrected chi connectivity index (χ4v) is 5.28. The SMILES string of the molecule is CC(C)(C)OC(=O)N[C@]12[C@H]3[C@H]4[C@@H](C[C@H]31)[C@@]42C(=O)O. The van der Waals surface area contributed by atoms with Crippen molar-refractivity contribution in [3.63, 3.8) is 0 Å². The van der Waals surface area contributed by atoms with Crippen LogP contribution in [0.25, 0.3) is 0 Å². The summed E-state index contributed by atoms with van der Waals surface area (Å²) in [6.07, 6.45) is 0.499. The molecule has 0 spiro atoms. The molecule has 18 heavy (non-hydrogen) atoms. The van der Waals surface area contributed by atoms with Crippen LogP contribution >= 0.6 is 0 Å². The van der Waals surface area contributed by atoms with Crippen LogP contribution in [0.2, 0.25) is 0 Å². The van der Waals surface area contributed by atoms with Gasteiger partial charge in [-0.1, -0.05) is 0 Å². The van der Waals surface area contributed by atoms with E-state index in [-0.39, 0.29) is 0 Å². The predicted octanol–water partition coefficient (Wildman–Crippen LogP) is 1.23. The van der Waals surface area contributed by atoms with Crippen LogP contribution in [0.1, 0.15) is 27.2 Å². The zero-order valence-electron chi connectivity index (χ0n) is 10.7. The Balaban J connectivity index is 1.55. The van der Waals surface area contributed by atoms with Gasteiger partial charge in [-0.3, -0.25) is 4.79 Å². The molecule has 0 radical (unpaired) electrons. The minimum Gasteiger partial charge on any atom is -0.481 e. The van der Waals surface area contributed by atoms with Gasteiger partial charge in [0.2, 0.25) is 0 Å². The van der Waals surface area contributed by atoms with Crippen molar-refractivity contribution in [3.8, 4) is 0 Å². The van der Waals surface area contributed by atoms with Gasteiger partial charge in [0.05, 0.1) is 11.0 Å². The van der Waals surface area contributed by atoms with Crippen molar-refractivity contribution < 1.29 is 19.4 Å². The van der Waals surface area contributed by atoms with E-state index in [1.807, 2.05) is 20.8 Å². The molecule has 0 aliphatic heterocycles. The number of alkyl carbamates (subject to hydrolysis) is 1. The Morgan fingerprint density at radius 1 is 1.28 bits per heavy atom. The predicted molar refractivity (Wildman–Crippen MR) is 60.7 cm³/mol. The molecule has 1 amide bonds. The quantitative estimate of drug-likeness (QED) is 0.774. The summed E-state index contributed by atoms with van der Waals surface area (Å²) in [6.45, 7) is 5.42. The minimum atomic E-state index is -0.732. The van der Waals surface area contributed by atoms with E-state index >= 15 is 0 Å². The van der Waals surface area contributed by atoms with Gasteiger partial charge in [-0.05, 0) is 50.9 Å². The van der Waals surface area contributed by atoms with E-state index < -0.39 is 28.6 Å². The molecule has 6 atom stereocenters. The number of carbonyl (C=O) groups is 2. The second-order valence-corrected chi connectivity index (χ2v) is 7.17. The highest BCUT2D eigenvalue weighted by Gasteiger charge is 3.07. The first-order valence-corrected chi connectivity index (χ1v) is 6.51. The summed E-state index contributed by atoms with van der Waals surface area (Å²) in [7, 11) is 0. The van der Waals surface area contributed by atoms with Gasteiger partial charge in [0, 0.05) is 0 Å². The number of ether oxygens (including phenoxy) is 1. The number of carboxylic acid groups (broad SMARTS) is 1. The summed E-state index contributed by atoms with van der Waals surface area (Å²) >= 11 is 0. The Morgan fingerprint density at radius 2 is 1.94 bits per heavy atom. The third kappa shape index (κ3) is 0.780. The number of aliphatic carboxylic acids is 1. The topological polar surface area (TPSA) is 75.6 Å². The van der Waals surface area contributed by atoms with E-state index in [0.717, 1.165) is 6.42 Å². The number of nitrogens with one attached hydrogen (secondary N) is 1. The van der Waals surface area contributed by atoms with Crippen LogP contribution in [0.4, 0.5) is 4.79 Å². The van der Waals surface area contributed by atoms with Crippen LogP contribution in [0.15, 0.2) is 0 Å². The van der Waals surface area contributed by atoms with Crippen LogP contribution < -0.4 is 5.32 Å². The molecule has 0 unspecified atom stereocenters. The molecule has 5 nitrogen and oxygen atoms in total. The summed E-state index contributed by atoms with van der Waals surface area (Å²) in [6, 6.07) is 0. The van der Waals surface area contributed by atoms with Crippen molar-refractivity contribution in [3.05, 3.63) is 0 Å². The normalized spacial score (nSPS) is 53.1. The van der Waals surface area contributed by atoms with E-state index in [0.29, 0.717) is 23.7 Å². The Labute approximate surface area is 105 Å². The zero-order chi connectivity index (χ0) is 13.1. The molecular weight excluding hydrogens is 234 g/mol. The standard InChI is InChI=1S/C13H17NO4/c1-11(2,3)18-10(17)14-13-6-4-5-7(8(6)13)12(5,13)9(15)16/h5-8H,4H2,1-3H3,(H,14,17)(H,15,16)/t5-,6-,7-,8-,12+,13+/m1/s1. The molecule has 2 N–H and O–H groups in total. The molecule has 98 valence electrons. The summed E-state index contributed by atoms with van der Waals surface area (Å²) in [5, 5.41) is 12.3. The van der Waals surface area contributed by atoms with Crippen LogP contribution in [0.3, 0.4) is 0 Å². The lowest BCUT2D eigenvalue weighted by Crippen LogP contribution is -2.56. The summed E-state index contributed by atoms with van der Waals surface area (Å²) < 4.78 is 5.25. The van der Waals surface area contributed by atoms with Crippen molar-refractivity contribution >= 4 is 12.1 Å². The second-order valence-electron chi connectivity index (χ2n) is 7.17.